The summed E-state index contributed by atoms with van der Waals surface area (Å²) in [6, 6.07) is 2.86. The Morgan fingerprint density at radius 1 is 1.59 bits per heavy atom. The van der Waals surface area contributed by atoms with Crippen molar-refractivity contribution in [2.75, 3.05) is 20.1 Å². The second-order valence-electron chi connectivity index (χ2n) is 4.15. The average molecular weight is 307 g/mol. The van der Waals surface area contributed by atoms with Gasteiger partial charge in [-0.1, -0.05) is 12.9 Å². The summed E-state index contributed by atoms with van der Waals surface area (Å²) in [5, 5.41) is 23.7. The summed E-state index contributed by atoms with van der Waals surface area (Å²) in [4.78, 5) is 2.22. The van der Waals surface area contributed by atoms with E-state index in [0.717, 1.165) is 31.8 Å². The number of rotatable bonds is 3. The summed E-state index contributed by atoms with van der Waals surface area (Å²) in [7, 11) is 1.71. The molecule has 0 saturated carbocycles. The fourth-order valence-electron chi connectivity index (χ4n) is 2.59. The van der Waals surface area contributed by atoms with Crippen molar-refractivity contribution in [3.05, 3.63) is 17.2 Å². The number of nitriles is 1. The summed E-state index contributed by atoms with van der Waals surface area (Å²) < 4.78 is 0. The molecule has 0 aromatic carbocycles. The van der Waals surface area contributed by atoms with Crippen LogP contribution in [0.4, 0.5) is 0 Å². The normalized spacial score (nSPS) is 27.1. The minimum atomic E-state index is -0.0324. The molecular formula is C11H16N5Y-. The molecule has 0 aromatic heterocycles. The molecule has 2 rings (SSSR count). The molecule has 2 fully saturated rings. The molecule has 1 radical (unpaired) electrons. The standard InChI is InChI=1S/C11H16N5.Y/c1-14-11(6-8(13)7-12)16-5-3-9-10(16)2-4-15-9;/h6,9-10,13,15H,2-5H2,1H3;/q-1;/b11-6+,13-8?;. The van der Waals surface area contributed by atoms with Crippen LogP contribution in [0.1, 0.15) is 12.8 Å². The zero-order chi connectivity index (χ0) is 11.5. The van der Waals surface area contributed by atoms with E-state index in [2.05, 4.69) is 15.5 Å². The van der Waals surface area contributed by atoms with Crippen molar-refractivity contribution in [1.29, 1.82) is 10.7 Å². The van der Waals surface area contributed by atoms with Gasteiger partial charge in [0.1, 0.15) is 11.8 Å². The van der Waals surface area contributed by atoms with Crippen LogP contribution in [0.3, 0.4) is 0 Å². The number of hydrogen-bond donors (Lipinski definition) is 2. The van der Waals surface area contributed by atoms with Crippen molar-refractivity contribution < 1.29 is 32.7 Å². The van der Waals surface area contributed by atoms with Crippen molar-refractivity contribution in [3.8, 4) is 6.07 Å². The van der Waals surface area contributed by atoms with Crippen LogP contribution in [-0.4, -0.2) is 42.8 Å². The van der Waals surface area contributed by atoms with Crippen molar-refractivity contribution in [2.24, 2.45) is 0 Å². The molecule has 89 valence electrons. The van der Waals surface area contributed by atoms with Crippen LogP contribution < -0.4 is 5.32 Å². The molecule has 6 heteroatoms. The number of fused-ring (bicyclic) bond motifs is 1. The Labute approximate surface area is 127 Å². The maximum atomic E-state index is 8.62. The molecule has 2 N–H and O–H groups in total. The van der Waals surface area contributed by atoms with E-state index in [1.54, 1.807) is 13.1 Å². The van der Waals surface area contributed by atoms with Gasteiger partial charge in [-0.2, -0.15) is 5.26 Å². The van der Waals surface area contributed by atoms with E-state index >= 15 is 0 Å². The predicted molar refractivity (Wildman–Crippen MR) is 62.2 cm³/mol. The third-order valence-electron chi connectivity index (χ3n) is 3.31. The second kappa shape index (κ2) is 6.48. The summed E-state index contributed by atoms with van der Waals surface area (Å²) in [6.45, 7) is 2.02. The smallest absolute Gasteiger partial charge is 0.131 e. The molecule has 2 unspecified atom stereocenters. The zero-order valence-corrected chi connectivity index (χ0v) is 12.8. The van der Waals surface area contributed by atoms with Crippen molar-refractivity contribution >= 4 is 5.71 Å². The van der Waals surface area contributed by atoms with Crippen LogP contribution in [0.5, 0.6) is 0 Å². The molecule has 5 nitrogen and oxygen atoms in total. The van der Waals surface area contributed by atoms with E-state index in [9.17, 15) is 0 Å². The molecule has 0 spiro atoms. The molecule has 0 aliphatic carbocycles. The largest absolute Gasteiger partial charge is 0.469 e. The maximum absolute atomic E-state index is 8.62. The van der Waals surface area contributed by atoms with Crippen LogP contribution in [-0.2, 0) is 32.7 Å². The van der Waals surface area contributed by atoms with Gasteiger partial charge in [-0.15, -0.1) is 0 Å². The average Bonchev–Trinajstić information content (AvgIpc) is 2.87. The van der Waals surface area contributed by atoms with Crippen LogP contribution in [0.2, 0.25) is 0 Å². The molecule has 2 saturated heterocycles. The number of nitrogens with one attached hydrogen (secondary N) is 2. The number of allylic oxidation sites excluding steroid dienone is 1. The molecule has 17 heavy (non-hydrogen) atoms. The Morgan fingerprint density at radius 3 is 3.00 bits per heavy atom. The van der Waals surface area contributed by atoms with Crippen molar-refractivity contribution in [3.63, 3.8) is 0 Å². The minimum absolute atomic E-state index is 0. The third-order valence-corrected chi connectivity index (χ3v) is 3.31. The van der Waals surface area contributed by atoms with E-state index < -0.39 is 0 Å². The first-order valence-corrected chi connectivity index (χ1v) is 5.56. The van der Waals surface area contributed by atoms with Gasteiger partial charge in [-0.25, -0.2) is 0 Å². The van der Waals surface area contributed by atoms with Gasteiger partial charge in [-0.3, -0.25) is 5.41 Å². The molecule has 2 atom stereocenters. The maximum Gasteiger partial charge on any atom is 0.131 e. The van der Waals surface area contributed by atoms with Gasteiger partial charge in [0, 0.05) is 38.8 Å². The summed E-state index contributed by atoms with van der Waals surface area (Å²) >= 11 is 0. The molecule has 2 aliphatic rings. The van der Waals surface area contributed by atoms with E-state index in [-0.39, 0.29) is 38.4 Å². The van der Waals surface area contributed by atoms with Crippen molar-refractivity contribution in [1.82, 2.24) is 10.2 Å². The van der Waals surface area contributed by atoms with Crippen LogP contribution in [0.15, 0.2) is 11.9 Å². The van der Waals surface area contributed by atoms with Gasteiger partial charge in [0.25, 0.3) is 0 Å². The number of likely N-dealkylation sites (tertiary alicyclic amines) is 1. The quantitative estimate of drug-likeness (QED) is 0.758. The number of hydrogen-bond acceptors (Lipinski definition) is 4. The predicted octanol–water partition coefficient (Wildman–Crippen LogP) is 0.808. The Bertz CT molecular complexity index is 359. The SMILES string of the molecule is C[N-]/C(=C\C(=N)C#N)N1CCC2NCCC21.[Y]. The summed E-state index contributed by atoms with van der Waals surface area (Å²) in [6.07, 6.45) is 3.80. The van der Waals surface area contributed by atoms with Crippen molar-refractivity contribution in [2.45, 2.75) is 24.9 Å². The van der Waals surface area contributed by atoms with Crippen LogP contribution in [0, 0.1) is 16.7 Å². The number of nitrogens with zero attached hydrogens (tertiary/aromatic N) is 3. The van der Waals surface area contributed by atoms with Gasteiger partial charge in [0.05, 0.1) is 0 Å². The fourth-order valence-corrected chi connectivity index (χ4v) is 2.59. The molecule has 2 heterocycles. The summed E-state index contributed by atoms with van der Waals surface area (Å²) in [5.74, 6) is 0.766. The van der Waals surface area contributed by atoms with Gasteiger partial charge in [0.2, 0.25) is 0 Å². The Morgan fingerprint density at radius 2 is 2.35 bits per heavy atom. The first-order chi connectivity index (χ1) is 7.76. The van der Waals surface area contributed by atoms with Crippen LogP contribution in [0.25, 0.3) is 5.32 Å². The van der Waals surface area contributed by atoms with E-state index in [1.807, 2.05) is 6.07 Å². The van der Waals surface area contributed by atoms with Gasteiger partial charge < -0.3 is 15.5 Å². The van der Waals surface area contributed by atoms with Gasteiger partial charge in [0.15, 0.2) is 0 Å². The van der Waals surface area contributed by atoms with Gasteiger partial charge >= 0.3 is 0 Å². The second-order valence-corrected chi connectivity index (χ2v) is 4.15. The van der Waals surface area contributed by atoms with E-state index in [1.165, 1.54) is 0 Å². The first-order valence-electron chi connectivity index (χ1n) is 5.56. The third kappa shape index (κ3) is 3.07. The van der Waals surface area contributed by atoms with E-state index in [0.29, 0.717) is 12.1 Å². The first kappa shape index (κ1) is 14.6. The van der Waals surface area contributed by atoms with E-state index in [4.69, 9.17) is 10.7 Å². The zero-order valence-electron chi connectivity index (χ0n) is 9.98. The molecule has 0 amide bonds. The molecule has 2 aliphatic heterocycles. The molecule has 0 bridgehead atoms. The van der Waals surface area contributed by atoms with Crippen LogP contribution >= 0.6 is 0 Å². The fraction of sp³-hybridized carbons (Fsp3) is 0.636. The topological polar surface area (TPSA) is 77.0 Å². The van der Waals surface area contributed by atoms with Gasteiger partial charge in [-0.05, 0) is 38.0 Å². The molecule has 0 aromatic rings. The molecular weight excluding hydrogens is 291 g/mol. The monoisotopic (exact) mass is 307 g/mol. The summed E-state index contributed by atoms with van der Waals surface area (Å²) in [5.41, 5.74) is -0.0324. The Hall–Kier alpha value is -0.436. The minimum Gasteiger partial charge on any atom is -0.469 e. The Balaban J connectivity index is 0.00000144. The Kier molecular flexibility index (Phi) is 5.58.